The van der Waals surface area contributed by atoms with Gasteiger partial charge in [0.2, 0.25) is 10.0 Å². The van der Waals surface area contributed by atoms with Crippen molar-refractivity contribution in [2.24, 2.45) is 0 Å². The molecule has 184 valence electrons. The minimum Gasteiger partial charge on any atom is -0.496 e. The van der Waals surface area contributed by atoms with E-state index in [1.807, 2.05) is 23.1 Å². The van der Waals surface area contributed by atoms with Crippen LogP contribution >= 0.6 is 11.6 Å². The van der Waals surface area contributed by atoms with Gasteiger partial charge in [-0.15, -0.1) is 0 Å². The summed E-state index contributed by atoms with van der Waals surface area (Å²) in [6.45, 7) is 2.78. The zero-order valence-corrected chi connectivity index (χ0v) is 21.3. The third-order valence-corrected chi connectivity index (χ3v) is 8.20. The maximum Gasteiger partial charge on any atom is 0.253 e. The van der Waals surface area contributed by atoms with Gasteiger partial charge in [-0.2, -0.15) is 4.31 Å². The molecular weight excluding hydrogens is 486 g/mol. The number of halogens is 1. The van der Waals surface area contributed by atoms with Crippen molar-refractivity contribution in [2.75, 3.05) is 45.2 Å². The maximum atomic E-state index is 13.3. The molecule has 1 amide bonds. The molecule has 1 aliphatic rings. The van der Waals surface area contributed by atoms with E-state index in [1.165, 1.54) is 30.6 Å². The number of sulfonamides is 1. The highest BCUT2D eigenvalue weighted by Crippen LogP contribution is 2.26. The number of rotatable bonds is 7. The fraction of sp³-hybridized carbons (Fsp3) is 0.269. The highest BCUT2D eigenvalue weighted by Gasteiger charge is 2.25. The van der Waals surface area contributed by atoms with Crippen molar-refractivity contribution in [2.45, 2.75) is 11.4 Å². The quantitative estimate of drug-likeness (QED) is 0.475. The Morgan fingerprint density at radius 3 is 2.26 bits per heavy atom. The molecule has 0 saturated carbocycles. The van der Waals surface area contributed by atoms with Gasteiger partial charge < -0.3 is 14.5 Å². The van der Waals surface area contributed by atoms with Crippen molar-refractivity contribution in [3.8, 4) is 5.75 Å². The Bertz CT molecular complexity index is 1280. The molecule has 0 aromatic heterocycles. The number of carbonyl (C=O) groups is 1. The monoisotopic (exact) mass is 513 g/mol. The number of hydrogen-bond acceptors (Lipinski definition) is 5. The standard InChI is InChI=1S/C26H28ClN3O4S/c1-28(35(32,33)24-11-9-22(27)10-12-24)19-21-18-20(8-13-25(21)34-2)26(31)30-16-14-29(15-17-30)23-6-4-3-5-7-23/h3-13,18H,14-17,19H2,1-2H3. The first-order valence-corrected chi connectivity index (χ1v) is 13.1. The molecule has 0 atom stereocenters. The molecule has 0 unspecified atom stereocenters. The number of anilines is 1. The first-order chi connectivity index (χ1) is 16.8. The third-order valence-electron chi connectivity index (χ3n) is 6.13. The molecule has 1 aliphatic heterocycles. The molecule has 1 heterocycles. The van der Waals surface area contributed by atoms with E-state index in [-0.39, 0.29) is 17.3 Å². The summed E-state index contributed by atoms with van der Waals surface area (Å²) in [5, 5.41) is 0.462. The molecule has 1 fully saturated rings. The molecule has 0 N–H and O–H groups in total. The predicted octanol–water partition coefficient (Wildman–Crippen LogP) is 4.13. The molecule has 7 nitrogen and oxygen atoms in total. The molecule has 0 spiro atoms. The highest BCUT2D eigenvalue weighted by molar-refractivity contribution is 7.89. The van der Waals surface area contributed by atoms with Gasteiger partial charge in [0.05, 0.1) is 12.0 Å². The van der Waals surface area contributed by atoms with Crippen LogP contribution in [0.1, 0.15) is 15.9 Å². The smallest absolute Gasteiger partial charge is 0.253 e. The first-order valence-electron chi connectivity index (χ1n) is 11.3. The van der Waals surface area contributed by atoms with E-state index in [0.717, 1.165) is 18.8 Å². The lowest BCUT2D eigenvalue weighted by Gasteiger charge is -2.36. The van der Waals surface area contributed by atoms with E-state index in [1.54, 1.807) is 30.3 Å². The lowest BCUT2D eigenvalue weighted by Crippen LogP contribution is -2.48. The van der Waals surface area contributed by atoms with E-state index >= 15 is 0 Å². The molecule has 0 aliphatic carbocycles. The van der Waals surface area contributed by atoms with E-state index in [2.05, 4.69) is 17.0 Å². The fourth-order valence-electron chi connectivity index (χ4n) is 4.14. The van der Waals surface area contributed by atoms with E-state index in [9.17, 15) is 13.2 Å². The van der Waals surface area contributed by atoms with Crippen molar-refractivity contribution >= 4 is 33.2 Å². The number of benzene rings is 3. The van der Waals surface area contributed by atoms with Gasteiger partial charge in [0.25, 0.3) is 5.91 Å². The number of piperazine rings is 1. The Balaban J connectivity index is 1.48. The summed E-state index contributed by atoms with van der Waals surface area (Å²) in [4.78, 5) is 17.5. The summed E-state index contributed by atoms with van der Waals surface area (Å²) in [5.74, 6) is 0.443. The number of methoxy groups -OCH3 is 1. The predicted molar refractivity (Wildman–Crippen MR) is 138 cm³/mol. The van der Waals surface area contributed by atoms with Crippen LogP contribution in [0.3, 0.4) is 0 Å². The summed E-state index contributed by atoms with van der Waals surface area (Å²) in [6.07, 6.45) is 0. The van der Waals surface area contributed by atoms with Crippen LogP contribution in [0.15, 0.2) is 77.7 Å². The molecule has 0 bridgehead atoms. The largest absolute Gasteiger partial charge is 0.496 e. The van der Waals surface area contributed by atoms with Crippen molar-refractivity contribution in [3.63, 3.8) is 0 Å². The van der Waals surface area contributed by atoms with Gasteiger partial charge in [-0.25, -0.2) is 8.42 Å². The van der Waals surface area contributed by atoms with E-state index in [4.69, 9.17) is 16.3 Å². The van der Waals surface area contributed by atoms with Crippen LogP contribution in [0, 0.1) is 0 Å². The Kier molecular flexibility index (Phi) is 7.64. The second-order valence-corrected chi connectivity index (χ2v) is 10.8. The van der Waals surface area contributed by atoms with Gasteiger partial charge in [0.15, 0.2) is 0 Å². The number of para-hydroxylation sites is 1. The van der Waals surface area contributed by atoms with Crippen LogP contribution in [-0.4, -0.2) is 63.9 Å². The Morgan fingerprint density at radius 2 is 1.63 bits per heavy atom. The lowest BCUT2D eigenvalue weighted by atomic mass is 10.1. The van der Waals surface area contributed by atoms with Crippen molar-refractivity contribution in [3.05, 3.63) is 88.9 Å². The number of nitrogens with zero attached hydrogens (tertiary/aromatic N) is 3. The molecular formula is C26H28ClN3O4S. The first kappa shape index (κ1) is 25.0. The van der Waals surface area contributed by atoms with Gasteiger partial charge in [0, 0.05) is 61.6 Å². The zero-order valence-electron chi connectivity index (χ0n) is 19.7. The summed E-state index contributed by atoms with van der Waals surface area (Å²) in [6, 6.07) is 21.3. The number of carbonyl (C=O) groups excluding carboxylic acids is 1. The highest BCUT2D eigenvalue weighted by atomic mass is 35.5. The number of amides is 1. The summed E-state index contributed by atoms with van der Waals surface area (Å²) in [7, 11) is -0.721. The van der Waals surface area contributed by atoms with Crippen molar-refractivity contribution < 1.29 is 17.9 Å². The van der Waals surface area contributed by atoms with Gasteiger partial charge >= 0.3 is 0 Å². The molecule has 0 radical (unpaired) electrons. The molecule has 3 aromatic carbocycles. The Labute approximate surface area is 211 Å². The van der Waals surface area contributed by atoms with Crippen molar-refractivity contribution in [1.82, 2.24) is 9.21 Å². The van der Waals surface area contributed by atoms with Crippen LogP contribution in [0.2, 0.25) is 5.02 Å². The average Bonchev–Trinajstić information content (AvgIpc) is 2.89. The number of hydrogen-bond donors (Lipinski definition) is 0. The molecule has 35 heavy (non-hydrogen) atoms. The van der Waals surface area contributed by atoms with Crippen LogP contribution in [0.5, 0.6) is 5.75 Å². The zero-order chi connectivity index (χ0) is 25.0. The average molecular weight is 514 g/mol. The normalized spacial score (nSPS) is 14.3. The van der Waals surface area contributed by atoms with Crippen LogP contribution in [0.4, 0.5) is 5.69 Å². The molecule has 4 rings (SSSR count). The molecule has 9 heteroatoms. The molecule has 3 aromatic rings. The van der Waals surface area contributed by atoms with E-state index < -0.39 is 10.0 Å². The summed E-state index contributed by atoms with van der Waals surface area (Å²) < 4.78 is 32.7. The summed E-state index contributed by atoms with van der Waals surface area (Å²) in [5.41, 5.74) is 2.27. The van der Waals surface area contributed by atoms with Gasteiger partial charge in [0.1, 0.15) is 5.75 Å². The van der Waals surface area contributed by atoms with Crippen LogP contribution < -0.4 is 9.64 Å². The topological polar surface area (TPSA) is 70.2 Å². The van der Waals surface area contributed by atoms with Gasteiger partial charge in [-0.1, -0.05) is 29.8 Å². The minimum atomic E-state index is -3.75. The minimum absolute atomic E-state index is 0.0526. The Hall–Kier alpha value is -3.07. The van der Waals surface area contributed by atoms with Crippen molar-refractivity contribution in [1.29, 1.82) is 0 Å². The van der Waals surface area contributed by atoms with Gasteiger partial charge in [-0.3, -0.25) is 4.79 Å². The van der Waals surface area contributed by atoms with Gasteiger partial charge in [-0.05, 0) is 54.6 Å². The summed E-state index contributed by atoms with van der Waals surface area (Å²) >= 11 is 5.90. The van der Waals surface area contributed by atoms with E-state index in [0.29, 0.717) is 35.0 Å². The third kappa shape index (κ3) is 5.61. The maximum absolute atomic E-state index is 13.3. The Morgan fingerprint density at radius 1 is 0.971 bits per heavy atom. The second kappa shape index (κ2) is 10.7. The fourth-order valence-corrected chi connectivity index (χ4v) is 5.41. The number of ether oxygens (including phenoxy) is 1. The lowest BCUT2D eigenvalue weighted by molar-refractivity contribution is 0.0746. The SMILES string of the molecule is COc1ccc(C(=O)N2CCN(c3ccccc3)CC2)cc1CN(C)S(=O)(=O)c1ccc(Cl)cc1. The van der Waals surface area contributed by atoms with Crippen LogP contribution in [-0.2, 0) is 16.6 Å². The second-order valence-electron chi connectivity index (χ2n) is 8.36. The molecule has 1 saturated heterocycles. The van der Waals surface area contributed by atoms with Crippen LogP contribution in [0.25, 0.3) is 0 Å².